The van der Waals surface area contributed by atoms with E-state index in [0.717, 1.165) is 20.0 Å². The fourth-order valence-electron chi connectivity index (χ4n) is 1.71. The number of hydrogen-bond donors (Lipinski definition) is 1. The Morgan fingerprint density at radius 2 is 1.88 bits per heavy atom. The van der Waals surface area contributed by atoms with E-state index in [4.69, 9.17) is 9.47 Å². The first-order valence-electron chi connectivity index (χ1n) is 7.27. The predicted molar refractivity (Wildman–Crippen MR) is 104 cm³/mol. The zero-order valence-corrected chi connectivity index (χ0v) is 16.6. The number of thioether (sulfide) groups is 2. The molecular formula is C16H19N3O3S3. The molecule has 1 heterocycles. The van der Waals surface area contributed by atoms with Crippen LogP contribution >= 0.6 is 34.9 Å². The molecule has 1 amide bonds. The third-order valence-corrected chi connectivity index (χ3v) is 6.26. The topological polar surface area (TPSA) is 73.3 Å². The van der Waals surface area contributed by atoms with Crippen LogP contribution in [0.25, 0.3) is 0 Å². The molecule has 0 radical (unpaired) electrons. The average molecular weight is 398 g/mol. The number of carbonyl (C=O) groups excluding carboxylic acids is 1. The summed E-state index contributed by atoms with van der Waals surface area (Å²) in [4.78, 5) is 12.2. The van der Waals surface area contributed by atoms with Crippen molar-refractivity contribution in [3.63, 3.8) is 0 Å². The maximum atomic E-state index is 12.2. The molecule has 2 rings (SSSR count). The third kappa shape index (κ3) is 6.26. The maximum absolute atomic E-state index is 12.2. The van der Waals surface area contributed by atoms with Gasteiger partial charge in [-0.3, -0.25) is 4.79 Å². The summed E-state index contributed by atoms with van der Waals surface area (Å²) in [6.45, 7) is 5.83. The highest BCUT2D eigenvalue weighted by molar-refractivity contribution is 8.03. The fraction of sp³-hybridized carbons (Fsp3) is 0.312. The molecule has 0 bridgehead atoms. The lowest BCUT2D eigenvalue weighted by atomic mass is 10.2. The van der Waals surface area contributed by atoms with Crippen LogP contribution in [-0.4, -0.2) is 41.8 Å². The van der Waals surface area contributed by atoms with Gasteiger partial charge < -0.3 is 14.8 Å². The molecule has 1 N–H and O–H groups in total. The molecule has 0 fully saturated rings. The molecule has 0 aliphatic carbocycles. The second kappa shape index (κ2) is 9.69. The minimum atomic E-state index is -0.139. The van der Waals surface area contributed by atoms with Crippen LogP contribution in [0.15, 0.2) is 39.0 Å². The first-order valence-corrected chi connectivity index (χ1v) is 10.1. The van der Waals surface area contributed by atoms with Gasteiger partial charge in [0.1, 0.15) is 11.5 Å². The molecule has 134 valence electrons. The van der Waals surface area contributed by atoms with Crippen molar-refractivity contribution >= 4 is 46.5 Å². The summed E-state index contributed by atoms with van der Waals surface area (Å²) in [5.41, 5.74) is 1.69. The zero-order valence-electron chi connectivity index (χ0n) is 14.2. The third-order valence-electron chi connectivity index (χ3n) is 2.84. The lowest BCUT2D eigenvalue weighted by Crippen LogP contribution is -2.14. The van der Waals surface area contributed by atoms with Gasteiger partial charge in [-0.05, 0) is 19.1 Å². The molecule has 0 saturated carbocycles. The van der Waals surface area contributed by atoms with Crippen molar-refractivity contribution in [1.29, 1.82) is 0 Å². The van der Waals surface area contributed by atoms with E-state index in [-0.39, 0.29) is 11.7 Å². The highest BCUT2D eigenvalue weighted by Crippen LogP contribution is 2.31. The number of anilines is 1. The number of nitrogens with zero attached hydrogens (tertiary/aromatic N) is 2. The minimum absolute atomic E-state index is 0.139. The highest BCUT2D eigenvalue weighted by Gasteiger charge is 2.11. The first-order chi connectivity index (χ1) is 12.0. The Morgan fingerprint density at radius 1 is 1.20 bits per heavy atom. The largest absolute Gasteiger partial charge is 0.497 e. The van der Waals surface area contributed by atoms with Gasteiger partial charge in [-0.15, -0.1) is 10.2 Å². The van der Waals surface area contributed by atoms with Crippen molar-refractivity contribution in [1.82, 2.24) is 10.2 Å². The predicted octanol–water partition coefficient (Wildman–Crippen LogP) is 3.95. The van der Waals surface area contributed by atoms with Crippen LogP contribution in [0.5, 0.6) is 11.5 Å². The van der Waals surface area contributed by atoms with E-state index < -0.39 is 0 Å². The number of amides is 1. The van der Waals surface area contributed by atoms with Crippen LogP contribution in [0.3, 0.4) is 0 Å². The minimum Gasteiger partial charge on any atom is -0.497 e. The van der Waals surface area contributed by atoms with Gasteiger partial charge in [0, 0.05) is 11.8 Å². The summed E-state index contributed by atoms with van der Waals surface area (Å²) in [7, 11) is 3.12. The fourth-order valence-corrected chi connectivity index (χ4v) is 4.38. The van der Waals surface area contributed by atoms with E-state index in [1.165, 1.54) is 23.1 Å². The van der Waals surface area contributed by atoms with Gasteiger partial charge in [0.15, 0.2) is 8.68 Å². The van der Waals surface area contributed by atoms with Crippen molar-refractivity contribution in [2.24, 2.45) is 0 Å². The second-order valence-corrected chi connectivity index (χ2v) is 8.41. The molecule has 0 spiro atoms. The van der Waals surface area contributed by atoms with E-state index in [0.29, 0.717) is 17.2 Å². The van der Waals surface area contributed by atoms with E-state index >= 15 is 0 Å². The van der Waals surface area contributed by atoms with Crippen LogP contribution in [0, 0.1) is 0 Å². The van der Waals surface area contributed by atoms with E-state index in [1.807, 2.05) is 6.92 Å². The van der Waals surface area contributed by atoms with Crippen LogP contribution in [0.1, 0.15) is 6.92 Å². The molecule has 6 nitrogen and oxygen atoms in total. The SMILES string of the molecule is C=C(C)CSc1nnc(SCC(=O)Nc2ccc(OC)cc2OC)s1. The zero-order chi connectivity index (χ0) is 18.2. The number of nitrogens with one attached hydrogen (secondary N) is 1. The number of rotatable bonds is 9. The monoisotopic (exact) mass is 397 g/mol. The number of ether oxygens (including phenoxy) is 2. The summed E-state index contributed by atoms with van der Waals surface area (Å²) >= 11 is 4.43. The summed E-state index contributed by atoms with van der Waals surface area (Å²) in [5, 5.41) is 11.0. The first kappa shape index (κ1) is 19.6. The molecule has 1 aromatic carbocycles. The standard InChI is InChI=1S/C16H19N3O3S3/c1-10(2)8-23-15-18-19-16(25-15)24-9-14(20)17-12-6-5-11(21-3)7-13(12)22-4/h5-7H,1,8-9H2,2-4H3,(H,17,20). The normalized spacial score (nSPS) is 10.4. The Labute approximate surface area is 159 Å². The molecular weight excluding hydrogens is 378 g/mol. The van der Waals surface area contributed by atoms with Crippen molar-refractivity contribution < 1.29 is 14.3 Å². The smallest absolute Gasteiger partial charge is 0.234 e. The average Bonchev–Trinajstić information content (AvgIpc) is 3.06. The quantitative estimate of drug-likeness (QED) is 0.507. The lowest BCUT2D eigenvalue weighted by molar-refractivity contribution is -0.113. The molecule has 2 aromatic rings. The van der Waals surface area contributed by atoms with Crippen molar-refractivity contribution in [3.05, 3.63) is 30.4 Å². The molecule has 0 aliphatic heterocycles. The van der Waals surface area contributed by atoms with Crippen molar-refractivity contribution in [2.45, 2.75) is 15.6 Å². The molecule has 0 atom stereocenters. The summed E-state index contributed by atoms with van der Waals surface area (Å²) in [5.74, 6) is 2.14. The Hall–Kier alpha value is -1.71. The van der Waals surface area contributed by atoms with Gasteiger partial charge in [0.25, 0.3) is 0 Å². The second-order valence-electron chi connectivity index (χ2n) is 4.98. The molecule has 9 heteroatoms. The van der Waals surface area contributed by atoms with Crippen LogP contribution in [0.2, 0.25) is 0 Å². The van der Waals surface area contributed by atoms with Gasteiger partial charge in [-0.25, -0.2) is 0 Å². The van der Waals surface area contributed by atoms with Crippen LogP contribution in [0.4, 0.5) is 5.69 Å². The van der Waals surface area contributed by atoms with E-state index in [2.05, 4.69) is 22.1 Å². The van der Waals surface area contributed by atoms with Gasteiger partial charge in [-0.1, -0.05) is 47.0 Å². The van der Waals surface area contributed by atoms with Gasteiger partial charge in [-0.2, -0.15) is 0 Å². The van der Waals surface area contributed by atoms with Crippen molar-refractivity contribution in [3.8, 4) is 11.5 Å². The summed E-state index contributed by atoms with van der Waals surface area (Å²) < 4.78 is 12.1. The molecule has 0 saturated heterocycles. The maximum Gasteiger partial charge on any atom is 0.234 e. The Kier molecular flexibility index (Phi) is 7.60. The molecule has 0 unspecified atom stereocenters. The van der Waals surface area contributed by atoms with Gasteiger partial charge >= 0.3 is 0 Å². The number of benzene rings is 1. The molecule has 25 heavy (non-hydrogen) atoms. The summed E-state index contributed by atoms with van der Waals surface area (Å²) in [6.07, 6.45) is 0. The number of aromatic nitrogens is 2. The van der Waals surface area contributed by atoms with Gasteiger partial charge in [0.2, 0.25) is 5.91 Å². The number of carbonyl (C=O) groups is 1. The van der Waals surface area contributed by atoms with Gasteiger partial charge in [0.05, 0.1) is 25.7 Å². The number of hydrogen-bond acceptors (Lipinski definition) is 8. The molecule has 0 aliphatic rings. The van der Waals surface area contributed by atoms with Crippen LogP contribution < -0.4 is 14.8 Å². The number of methoxy groups -OCH3 is 2. The van der Waals surface area contributed by atoms with Crippen molar-refractivity contribution in [2.75, 3.05) is 31.0 Å². The molecule has 1 aromatic heterocycles. The Bertz CT molecular complexity index is 749. The summed E-state index contributed by atoms with van der Waals surface area (Å²) in [6, 6.07) is 5.23. The lowest BCUT2D eigenvalue weighted by Gasteiger charge is -2.11. The van der Waals surface area contributed by atoms with E-state index in [9.17, 15) is 4.79 Å². The highest BCUT2D eigenvalue weighted by atomic mass is 32.2. The Balaban J connectivity index is 1.87. The van der Waals surface area contributed by atoms with E-state index in [1.54, 1.807) is 44.2 Å². The van der Waals surface area contributed by atoms with Crippen LogP contribution in [-0.2, 0) is 4.79 Å². The Morgan fingerprint density at radius 3 is 2.48 bits per heavy atom.